The maximum absolute atomic E-state index is 10.6. The predicted octanol–water partition coefficient (Wildman–Crippen LogP) is 3.99. The zero-order valence-corrected chi connectivity index (χ0v) is 18.1. The molecule has 0 fully saturated rings. The Labute approximate surface area is 186 Å². The molecular weight excluding hydrogens is 408 g/mol. The maximum Gasteiger partial charge on any atom is 0.320 e. The SMILES string of the molecule is COc1cccc(-c2cccc(C3(c4ccc(OC)c(C)c4)COC(NOC=O)=N3)c2)c1. The minimum Gasteiger partial charge on any atom is -0.497 e. The highest BCUT2D eigenvalue weighted by Gasteiger charge is 2.41. The molecule has 1 N–H and O–H groups in total. The summed E-state index contributed by atoms with van der Waals surface area (Å²) < 4.78 is 16.6. The molecule has 0 saturated heterocycles. The molecule has 1 heterocycles. The van der Waals surface area contributed by atoms with Crippen molar-refractivity contribution in [2.45, 2.75) is 12.5 Å². The van der Waals surface area contributed by atoms with Crippen LogP contribution in [0.3, 0.4) is 0 Å². The van der Waals surface area contributed by atoms with Crippen LogP contribution in [0.1, 0.15) is 16.7 Å². The summed E-state index contributed by atoms with van der Waals surface area (Å²) in [6.07, 6.45) is 0. The average Bonchev–Trinajstić information content (AvgIpc) is 3.28. The van der Waals surface area contributed by atoms with E-state index in [1.807, 2.05) is 67.6 Å². The van der Waals surface area contributed by atoms with Crippen molar-refractivity contribution in [3.63, 3.8) is 0 Å². The highest BCUT2D eigenvalue weighted by Crippen LogP contribution is 2.40. The molecule has 1 unspecified atom stereocenters. The van der Waals surface area contributed by atoms with Gasteiger partial charge in [-0.15, -0.1) is 0 Å². The Morgan fingerprint density at radius 3 is 2.44 bits per heavy atom. The zero-order valence-electron chi connectivity index (χ0n) is 18.1. The van der Waals surface area contributed by atoms with E-state index >= 15 is 0 Å². The van der Waals surface area contributed by atoms with Crippen molar-refractivity contribution in [3.8, 4) is 22.6 Å². The van der Waals surface area contributed by atoms with Crippen molar-refractivity contribution in [3.05, 3.63) is 83.4 Å². The number of aryl methyl sites for hydroxylation is 1. The normalized spacial score (nSPS) is 17.2. The molecule has 7 heteroatoms. The van der Waals surface area contributed by atoms with E-state index in [2.05, 4.69) is 16.4 Å². The molecule has 0 spiro atoms. The zero-order chi connectivity index (χ0) is 22.6. The van der Waals surface area contributed by atoms with Gasteiger partial charge in [-0.1, -0.05) is 36.4 Å². The van der Waals surface area contributed by atoms with Gasteiger partial charge in [0.05, 0.1) is 14.2 Å². The fraction of sp³-hybridized carbons (Fsp3) is 0.200. The second-order valence-electron chi connectivity index (χ2n) is 7.38. The van der Waals surface area contributed by atoms with Crippen LogP contribution in [0, 0.1) is 6.92 Å². The molecule has 1 aliphatic rings. The first-order chi connectivity index (χ1) is 15.6. The minimum atomic E-state index is -0.833. The topological polar surface area (TPSA) is 78.4 Å². The van der Waals surface area contributed by atoms with Gasteiger partial charge in [0, 0.05) is 0 Å². The molecule has 1 aliphatic heterocycles. The van der Waals surface area contributed by atoms with Gasteiger partial charge in [0.25, 0.3) is 0 Å². The Morgan fingerprint density at radius 2 is 1.72 bits per heavy atom. The lowest BCUT2D eigenvalue weighted by Crippen LogP contribution is -2.27. The first-order valence-electron chi connectivity index (χ1n) is 10.1. The minimum absolute atomic E-state index is 0.136. The molecular formula is C25H24N2O5. The molecule has 0 saturated carbocycles. The Balaban J connectivity index is 1.83. The number of hydroxylamine groups is 1. The first-order valence-corrected chi connectivity index (χ1v) is 10.1. The Hall–Kier alpha value is -4.00. The van der Waals surface area contributed by atoms with E-state index in [-0.39, 0.29) is 19.1 Å². The molecule has 7 nitrogen and oxygen atoms in total. The van der Waals surface area contributed by atoms with E-state index in [1.165, 1.54) is 0 Å². The lowest BCUT2D eigenvalue weighted by atomic mass is 9.82. The fourth-order valence-corrected chi connectivity index (χ4v) is 3.89. The summed E-state index contributed by atoms with van der Waals surface area (Å²) in [7, 11) is 3.29. The standard InChI is InChI=1S/C25H24N2O5/c1-17-12-21(10-11-23(17)30-3)25(15-31-24(26-25)27-32-16-28)20-8-4-6-18(13-20)19-7-5-9-22(14-19)29-2/h4-14,16H,15H2,1-3H3,(H,26,27). The Bertz CT molecular complexity index is 1160. The van der Waals surface area contributed by atoms with Crippen LogP contribution in [0.25, 0.3) is 11.1 Å². The molecule has 0 aliphatic carbocycles. The van der Waals surface area contributed by atoms with Gasteiger partial charge in [-0.25, -0.2) is 4.99 Å². The van der Waals surface area contributed by atoms with Gasteiger partial charge in [-0.05, 0) is 65.1 Å². The molecule has 1 atom stereocenters. The van der Waals surface area contributed by atoms with Gasteiger partial charge in [-0.2, -0.15) is 5.48 Å². The van der Waals surface area contributed by atoms with Crippen LogP contribution in [0.15, 0.2) is 71.7 Å². The third-order valence-corrected chi connectivity index (χ3v) is 5.52. The van der Waals surface area contributed by atoms with E-state index < -0.39 is 5.54 Å². The smallest absolute Gasteiger partial charge is 0.320 e. The molecule has 0 amide bonds. The largest absolute Gasteiger partial charge is 0.497 e. The van der Waals surface area contributed by atoms with Crippen LogP contribution < -0.4 is 15.0 Å². The number of methoxy groups -OCH3 is 2. The summed E-state index contributed by atoms with van der Waals surface area (Å²) in [6.45, 7) is 2.51. The number of carbonyl (C=O) groups is 1. The number of amidine groups is 1. The monoisotopic (exact) mass is 432 g/mol. The third-order valence-electron chi connectivity index (χ3n) is 5.52. The number of hydrogen-bond acceptors (Lipinski definition) is 7. The highest BCUT2D eigenvalue weighted by molar-refractivity contribution is 5.77. The predicted molar refractivity (Wildman–Crippen MR) is 121 cm³/mol. The van der Waals surface area contributed by atoms with Gasteiger partial charge >= 0.3 is 12.5 Å². The summed E-state index contributed by atoms with van der Waals surface area (Å²) in [6, 6.07) is 22.1. The summed E-state index contributed by atoms with van der Waals surface area (Å²) >= 11 is 0. The summed E-state index contributed by atoms with van der Waals surface area (Å²) in [4.78, 5) is 20.1. The van der Waals surface area contributed by atoms with Gasteiger partial charge < -0.3 is 19.0 Å². The van der Waals surface area contributed by atoms with E-state index in [0.717, 1.165) is 39.3 Å². The number of benzene rings is 3. The lowest BCUT2D eigenvalue weighted by Gasteiger charge is -2.26. The molecule has 3 aromatic rings. The van der Waals surface area contributed by atoms with Crippen molar-refractivity contribution < 1.29 is 23.8 Å². The summed E-state index contributed by atoms with van der Waals surface area (Å²) in [5.74, 6) is 1.58. The molecule has 32 heavy (non-hydrogen) atoms. The molecule has 0 radical (unpaired) electrons. The quantitative estimate of drug-likeness (QED) is 0.449. The molecule has 0 bridgehead atoms. The number of rotatable bonds is 7. The number of carbonyl (C=O) groups excluding carboxylic acids is 1. The van der Waals surface area contributed by atoms with Crippen LogP contribution in [-0.4, -0.2) is 33.3 Å². The molecule has 0 aromatic heterocycles. The van der Waals surface area contributed by atoms with Crippen molar-refractivity contribution in [1.29, 1.82) is 0 Å². The van der Waals surface area contributed by atoms with Crippen LogP contribution in [0.5, 0.6) is 11.5 Å². The first kappa shape index (κ1) is 21.2. The summed E-state index contributed by atoms with van der Waals surface area (Å²) in [5, 5.41) is 0. The van der Waals surface area contributed by atoms with Gasteiger partial charge in [0.2, 0.25) is 0 Å². The molecule has 3 aromatic carbocycles. The fourth-order valence-electron chi connectivity index (χ4n) is 3.89. The average molecular weight is 432 g/mol. The van der Waals surface area contributed by atoms with Crippen LogP contribution >= 0.6 is 0 Å². The van der Waals surface area contributed by atoms with Gasteiger partial charge in [0.15, 0.2) is 5.54 Å². The maximum atomic E-state index is 10.6. The Morgan fingerprint density at radius 1 is 0.969 bits per heavy atom. The van der Waals surface area contributed by atoms with Gasteiger partial charge in [0.1, 0.15) is 18.1 Å². The number of aliphatic imine (C=N–C) groups is 1. The van der Waals surface area contributed by atoms with Crippen molar-refractivity contribution in [1.82, 2.24) is 5.48 Å². The molecule has 164 valence electrons. The number of nitrogens with one attached hydrogen (secondary N) is 1. The number of nitrogens with zero attached hydrogens (tertiary/aromatic N) is 1. The van der Waals surface area contributed by atoms with E-state index in [1.54, 1.807) is 14.2 Å². The second-order valence-corrected chi connectivity index (χ2v) is 7.38. The lowest BCUT2D eigenvalue weighted by molar-refractivity contribution is -0.132. The second kappa shape index (κ2) is 9.01. The van der Waals surface area contributed by atoms with Crippen LogP contribution in [-0.2, 0) is 19.9 Å². The van der Waals surface area contributed by atoms with Crippen LogP contribution in [0.4, 0.5) is 0 Å². The van der Waals surface area contributed by atoms with Crippen molar-refractivity contribution in [2.75, 3.05) is 20.8 Å². The Kier molecular flexibility index (Phi) is 5.98. The van der Waals surface area contributed by atoms with E-state index in [9.17, 15) is 4.79 Å². The van der Waals surface area contributed by atoms with Crippen molar-refractivity contribution in [2.24, 2.45) is 4.99 Å². The number of ether oxygens (including phenoxy) is 3. The van der Waals surface area contributed by atoms with Crippen molar-refractivity contribution >= 4 is 12.5 Å². The molecule has 4 rings (SSSR count). The number of hydrogen-bond donors (Lipinski definition) is 1. The van der Waals surface area contributed by atoms with E-state index in [0.29, 0.717) is 0 Å². The van der Waals surface area contributed by atoms with E-state index in [4.69, 9.17) is 19.2 Å². The summed E-state index contributed by atoms with van der Waals surface area (Å²) in [5.41, 5.74) is 6.50. The van der Waals surface area contributed by atoms with Gasteiger partial charge in [-0.3, -0.25) is 4.79 Å². The highest BCUT2D eigenvalue weighted by atomic mass is 16.7. The third kappa shape index (κ3) is 3.97. The van der Waals surface area contributed by atoms with Crippen LogP contribution in [0.2, 0.25) is 0 Å².